The highest BCUT2D eigenvalue weighted by molar-refractivity contribution is 5.64. The first-order chi connectivity index (χ1) is 7.99. The van der Waals surface area contributed by atoms with E-state index < -0.39 is 0 Å². The Balaban J connectivity index is 2.72. The quantitative estimate of drug-likeness (QED) is 0.685. The molecule has 0 bridgehead atoms. The zero-order valence-corrected chi connectivity index (χ0v) is 11.2. The fourth-order valence-electron chi connectivity index (χ4n) is 2.33. The molecule has 2 rings (SSSR count). The van der Waals surface area contributed by atoms with Crippen molar-refractivity contribution in [2.75, 3.05) is 0 Å². The van der Waals surface area contributed by atoms with E-state index in [0.29, 0.717) is 0 Å². The van der Waals surface area contributed by atoms with Gasteiger partial charge in [0.15, 0.2) is 6.20 Å². The Morgan fingerprint density at radius 3 is 2.41 bits per heavy atom. The fraction of sp³-hybridized carbons (Fsp3) is 0.333. The van der Waals surface area contributed by atoms with E-state index in [1.165, 1.54) is 22.4 Å². The predicted octanol–water partition coefficient (Wildman–Crippen LogP) is 2.81. The zero-order valence-electron chi connectivity index (χ0n) is 11.2. The lowest BCUT2D eigenvalue weighted by atomic mass is 10.0. The van der Waals surface area contributed by atoms with Gasteiger partial charge in [-0.3, -0.25) is 4.98 Å². The van der Waals surface area contributed by atoms with Crippen LogP contribution in [-0.2, 0) is 7.05 Å². The van der Waals surface area contributed by atoms with Crippen LogP contribution in [0.5, 0.6) is 0 Å². The maximum atomic E-state index is 4.57. The van der Waals surface area contributed by atoms with Crippen molar-refractivity contribution >= 4 is 0 Å². The van der Waals surface area contributed by atoms with Crippen LogP contribution in [0.15, 0.2) is 24.4 Å². The van der Waals surface area contributed by atoms with Crippen LogP contribution < -0.4 is 4.57 Å². The molecular weight excluding hydrogens is 208 g/mol. The van der Waals surface area contributed by atoms with Crippen LogP contribution in [-0.4, -0.2) is 4.98 Å². The standard InChI is InChI=1S/C15H19N2/c1-10-6-7-17(5)14(8-10)15-11(2)9-12(3)16-13(15)4/h6-9H,1-5H3/q+1. The second-order valence-corrected chi connectivity index (χ2v) is 4.74. The van der Waals surface area contributed by atoms with E-state index in [1.54, 1.807) is 0 Å². The molecule has 0 radical (unpaired) electrons. The van der Waals surface area contributed by atoms with Gasteiger partial charge in [0, 0.05) is 17.8 Å². The van der Waals surface area contributed by atoms with E-state index in [1.807, 2.05) is 6.92 Å². The summed E-state index contributed by atoms with van der Waals surface area (Å²) in [5, 5.41) is 0. The Hall–Kier alpha value is -1.70. The smallest absolute Gasteiger partial charge is 0.214 e. The van der Waals surface area contributed by atoms with Gasteiger partial charge in [0.1, 0.15) is 7.05 Å². The Kier molecular flexibility index (Phi) is 2.97. The maximum absolute atomic E-state index is 4.57. The first kappa shape index (κ1) is 11.8. The summed E-state index contributed by atoms with van der Waals surface area (Å²) >= 11 is 0. The number of hydrogen-bond donors (Lipinski definition) is 0. The summed E-state index contributed by atoms with van der Waals surface area (Å²) in [6.45, 7) is 8.40. The van der Waals surface area contributed by atoms with Gasteiger partial charge in [0.25, 0.3) is 0 Å². The number of hydrogen-bond acceptors (Lipinski definition) is 1. The van der Waals surface area contributed by atoms with Gasteiger partial charge in [0.05, 0.1) is 11.3 Å². The van der Waals surface area contributed by atoms with Crippen molar-refractivity contribution in [1.29, 1.82) is 0 Å². The Bertz CT molecular complexity index is 548. The zero-order chi connectivity index (χ0) is 12.6. The molecule has 2 heterocycles. The van der Waals surface area contributed by atoms with Crippen LogP contribution in [0.4, 0.5) is 0 Å². The lowest BCUT2D eigenvalue weighted by molar-refractivity contribution is -0.660. The summed E-state index contributed by atoms with van der Waals surface area (Å²) in [7, 11) is 2.08. The summed E-state index contributed by atoms with van der Waals surface area (Å²) in [5.41, 5.74) is 7.23. The first-order valence-electron chi connectivity index (χ1n) is 5.90. The third kappa shape index (κ3) is 2.21. The number of rotatable bonds is 1. The SMILES string of the molecule is Cc1cc[n+](C)c(-c2c(C)cc(C)nc2C)c1. The fourth-order valence-corrected chi connectivity index (χ4v) is 2.33. The van der Waals surface area contributed by atoms with Crippen molar-refractivity contribution in [2.45, 2.75) is 27.7 Å². The van der Waals surface area contributed by atoms with Crippen molar-refractivity contribution in [3.63, 3.8) is 0 Å². The molecule has 2 nitrogen and oxygen atoms in total. The van der Waals surface area contributed by atoms with Crippen LogP contribution in [0, 0.1) is 27.7 Å². The molecule has 0 unspecified atom stereocenters. The molecular formula is C15H19N2+. The third-order valence-electron chi connectivity index (χ3n) is 3.09. The minimum Gasteiger partial charge on any atom is -0.258 e. The summed E-state index contributed by atoms with van der Waals surface area (Å²) in [4.78, 5) is 4.57. The van der Waals surface area contributed by atoms with Crippen molar-refractivity contribution in [2.24, 2.45) is 7.05 Å². The van der Waals surface area contributed by atoms with Crippen molar-refractivity contribution < 1.29 is 4.57 Å². The number of nitrogens with zero attached hydrogens (tertiary/aromatic N) is 2. The number of aromatic nitrogens is 2. The summed E-state index contributed by atoms with van der Waals surface area (Å²) in [5.74, 6) is 0. The number of aryl methyl sites for hydroxylation is 5. The lowest BCUT2D eigenvalue weighted by Crippen LogP contribution is -2.31. The molecule has 88 valence electrons. The molecule has 0 aliphatic rings. The molecule has 0 fully saturated rings. The summed E-state index contributed by atoms with van der Waals surface area (Å²) in [6.07, 6.45) is 2.10. The van der Waals surface area contributed by atoms with Gasteiger partial charge in [-0.05, 0) is 44.9 Å². The van der Waals surface area contributed by atoms with Crippen LogP contribution >= 0.6 is 0 Å². The average molecular weight is 227 g/mol. The second-order valence-electron chi connectivity index (χ2n) is 4.74. The molecule has 0 spiro atoms. The maximum Gasteiger partial charge on any atom is 0.214 e. The van der Waals surface area contributed by atoms with E-state index in [9.17, 15) is 0 Å². The number of pyridine rings is 2. The molecule has 0 aliphatic carbocycles. The molecule has 2 aromatic heterocycles. The van der Waals surface area contributed by atoms with Gasteiger partial charge in [-0.25, -0.2) is 4.57 Å². The molecule has 0 saturated heterocycles. The second kappa shape index (κ2) is 4.28. The van der Waals surface area contributed by atoms with Crippen molar-refractivity contribution in [1.82, 2.24) is 4.98 Å². The third-order valence-corrected chi connectivity index (χ3v) is 3.09. The van der Waals surface area contributed by atoms with Crippen LogP contribution in [0.1, 0.15) is 22.5 Å². The monoisotopic (exact) mass is 227 g/mol. The Morgan fingerprint density at radius 2 is 1.76 bits per heavy atom. The molecule has 0 N–H and O–H groups in total. The molecule has 2 heteroatoms. The summed E-state index contributed by atoms with van der Waals surface area (Å²) < 4.78 is 2.15. The Morgan fingerprint density at radius 1 is 1.06 bits per heavy atom. The van der Waals surface area contributed by atoms with Crippen molar-refractivity contribution in [3.8, 4) is 11.3 Å². The van der Waals surface area contributed by atoms with Gasteiger partial charge in [0.2, 0.25) is 5.69 Å². The summed E-state index contributed by atoms with van der Waals surface area (Å²) in [6, 6.07) is 6.48. The van der Waals surface area contributed by atoms with E-state index in [0.717, 1.165) is 11.4 Å². The minimum atomic E-state index is 1.08. The van der Waals surface area contributed by atoms with Gasteiger partial charge in [-0.1, -0.05) is 0 Å². The molecule has 0 amide bonds. The normalized spacial score (nSPS) is 10.6. The molecule has 17 heavy (non-hydrogen) atoms. The van der Waals surface area contributed by atoms with Gasteiger partial charge < -0.3 is 0 Å². The highest BCUT2D eigenvalue weighted by Crippen LogP contribution is 2.24. The van der Waals surface area contributed by atoms with Crippen molar-refractivity contribution in [3.05, 3.63) is 46.9 Å². The molecule has 0 aromatic carbocycles. The molecule has 0 aliphatic heterocycles. The largest absolute Gasteiger partial charge is 0.258 e. The van der Waals surface area contributed by atoms with E-state index >= 15 is 0 Å². The average Bonchev–Trinajstić information content (AvgIpc) is 2.21. The first-order valence-corrected chi connectivity index (χ1v) is 5.90. The lowest BCUT2D eigenvalue weighted by Gasteiger charge is -2.09. The van der Waals surface area contributed by atoms with Crippen LogP contribution in [0.2, 0.25) is 0 Å². The topological polar surface area (TPSA) is 16.8 Å². The highest BCUT2D eigenvalue weighted by atomic mass is 14.9. The van der Waals surface area contributed by atoms with Gasteiger partial charge in [-0.15, -0.1) is 0 Å². The molecule has 0 atom stereocenters. The molecule has 2 aromatic rings. The Labute approximate surface area is 103 Å². The van der Waals surface area contributed by atoms with E-state index in [2.05, 4.69) is 61.8 Å². The van der Waals surface area contributed by atoms with Gasteiger partial charge in [-0.2, -0.15) is 0 Å². The molecule has 0 saturated carbocycles. The van der Waals surface area contributed by atoms with E-state index in [4.69, 9.17) is 0 Å². The van der Waals surface area contributed by atoms with Crippen LogP contribution in [0.25, 0.3) is 11.3 Å². The van der Waals surface area contributed by atoms with Crippen LogP contribution in [0.3, 0.4) is 0 Å². The highest BCUT2D eigenvalue weighted by Gasteiger charge is 2.16. The van der Waals surface area contributed by atoms with E-state index in [-0.39, 0.29) is 0 Å². The minimum absolute atomic E-state index is 1.08. The predicted molar refractivity (Wildman–Crippen MR) is 69.8 cm³/mol. The van der Waals surface area contributed by atoms with Gasteiger partial charge >= 0.3 is 0 Å².